The molecule has 0 aliphatic rings. The number of hydrogen-bond donors (Lipinski definition) is 2. The maximum Gasteiger partial charge on any atom is 0.339 e. The molecule has 0 aliphatic heterocycles. The molecule has 1 amide bonds. The number of carbonyl (C=O) groups excluding carboxylic acids is 1. The molecule has 0 atom stereocenters. The Morgan fingerprint density at radius 1 is 1.07 bits per heavy atom. The molecule has 0 spiro atoms. The first-order chi connectivity index (χ1) is 13.7. The molecule has 2 aromatic carbocycles. The van der Waals surface area contributed by atoms with Gasteiger partial charge in [-0.05, 0) is 86.3 Å². The van der Waals surface area contributed by atoms with Gasteiger partial charge in [0.25, 0.3) is 5.91 Å². The highest BCUT2D eigenvalue weighted by Gasteiger charge is 2.25. The Morgan fingerprint density at radius 3 is 2.31 bits per heavy atom. The van der Waals surface area contributed by atoms with Crippen LogP contribution in [-0.4, -0.2) is 24.1 Å². The van der Waals surface area contributed by atoms with E-state index in [-0.39, 0.29) is 17.2 Å². The normalized spacial score (nSPS) is 10.7. The second-order valence-electron chi connectivity index (χ2n) is 6.04. The van der Waals surface area contributed by atoms with E-state index in [2.05, 4.69) is 73.1 Å². The SMILES string of the molecule is COc1c(I)cc(I)c(C(=O)Nc2csc(-c3ccc(C)cc3)c2C(=O)O)c1I. The number of rotatable bonds is 5. The lowest BCUT2D eigenvalue weighted by atomic mass is 10.1. The summed E-state index contributed by atoms with van der Waals surface area (Å²) < 4.78 is 7.77. The number of nitrogens with one attached hydrogen (secondary N) is 1. The number of ether oxygens (including phenoxy) is 1. The molecule has 150 valence electrons. The smallest absolute Gasteiger partial charge is 0.339 e. The van der Waals surface area contributed by atoms with E-state index in [0.717, 1.165) is 18.3 Å². The van der Waals surface area contributed by atoms with Crippen molar-refractivity contribution >= 4 is 96.7 Å². The van der Waals surface area contributed by atoms with Gasteiger partial charge in [0.05, 0.1) is 30.4 Å². The summed E-state index contributed by atoms with van der Waals surface area (Å²) in [6.45, 7) is 1.97. The van der Waals surface area contributed by atoms with Crippen LogP contribution >= 0.6 is 79.1 Å². The summed E-state index contributed by atoms with van der Waals surface area (Å²) in [5.41, 5.74) is 2.73. The number of amides is 1. The lowest BCUT2D eigenvalue weighted by molar-refractivity contribution is 0.0699. The van der Waals surface area contributed by atoms with Crippen LogP contribution in [0.1, 0.15) is 26.3 Å². The highest BCUT2D eigenvalue weighted by atomic mass is 127. The highest BCUT2D eigenvalue weighted by Crippen LogP contribution is 2.38. The maximum absolute atomic E-state index is 13.0. The van der Waals surface area contributed by atoms with E-state index in [0.29, 0.717) is 19.8 Å². The van der Waals surface area contributed by atoms with Gasteiger partial charge in [0.1, 0.15) is 11.3 Å². The third kappa shape index (κ3) is 4.71. The van der Waals surface area contributed by atoms with E-state index in [1.165, 1.54) is 11.3 Å². The zero-order valence-corrected chi connectivity index (χ0v) is 22.5. The number of methoxy groups -OCH3 is 1. The van der Waals surface area contributed by atoms with E-state index in [1.807, 2.05) is 37.3 Å². The first-order valence-electron chi connectivity index (χ1n) is 8.19. The minimum absolute atomic E-state index is 0.0923. The van der Waals surface area contributed by atoms with Gasteiger partial charge in [-0.25, -0.2) is 4.79 Å². The Morgan fingerprint density at radius 2 is 1.72 bits per heavy atom. The van der Waals surface area contributed by atoms with Crippen LogP contribution in [0, 0.1) is 17.6 Å². The van der Waals surface area contributed by atoms with Crippen LogP contribution in [0.3, 0.4) is 0 Å². The maximum atomic E-state index is 13.0. The Balaban J connectivity index is 2.02. The van der Waals surface area contributed by atoms with Crippen molar-refractivity contribution in [3.05, 3.63) is 63.1 Å². The van der Waals surface area contributed by atoms with Crippen molar-refractivity contribution in [2.45, 2.75) is 6.92 Å². The predicted molar refractivity (Wildman–Crippen MR) is 141 cm³/mol. The number of benzene rings is 2. The van der Waals surface area contributed by atoms with Gasteiger partial charge in [-0.3, -0.25) is 4.79 Å². The minimum atomic E-state index is -1.08. The van der Waals surface area contributed by atoms with Crippen molar-refractivity contribution in [2.75, 3.05) is 12.4 Å². The standard InChI is InChI=1S/C20H14I3NO4S/c1-9-3-5-10(6-4-9)18-15(20(26)27)13(8-29-18)24-19(25)14-11(21)7-12(22)17(28-2)16(14)23/h3-8H,1-2H3,(H,24,25)(H,26,27). The number of hydrogen-bond acceptors (Lipinski definition) is 4. The molecule has 0 bridgehead atoms. The average molecular weight is 745 g/mol. The van der Waals surface area contributed by atoms with Gasteiger partial charge in [-0.1, -0.05) is 29.8 Å². The Hall–Kier alpha value is -0.930. The van der Waals surface area contributed by atoms with Gasteiger partial charge >= 0.3 is 5.97 Å². The average Bonchev–Trinajstić information content (AvgIpc) is 3.06. The van der Waals surface area contributed by atoms with Crippen molar-refractivity contribution in [3.8, 4) is 16.2 Å². The van der Waals surface area contributed by atoms with Gasteiger partial charge < -0.3 is 15.2 Å². The Bertz CT molecular complexity index is 1110. The van der Waals surface area contributed by atoms with E-state index in [9.17, 15) is 14.7 Å². The number of aromatic carboxylic acids is 1. The van der Waals surface area contributed by atoms with Crippen molar-refractivity contribution < 1.29 is 19.4 Å². The van der Waals surface area contributed by atoms with E-state index in [4.69, 9.17) is 4.74 Å². The molecule has 5 nitrogen and oxygen atoms in total. The lowest BCUT2D eigenvalue weighted by Gasteiger charge is -2.13. The van der Waals surface area contributed by atoms with Gasteiger partial charge in [0, 0.05) is 8.95 Å². The third-order valence-corrected chi connectivity index (χ3v) is 7.84. The van der Waals surface area contributed by atoms with Crippen LogP contribution in [0.15, 0.2) is 35.7 Å². The van der Waals surface area contributed by atoms with Crippen molar-refractivity contribution in [1.29, 1.82) is 0 Å². The van der Waals surface area contributed by atoms with Crippen molar-refractivity contribution in [3.63, 3.8) is 0 Å². The first-order valence-corrected chi connectivity index (χ1v) is 12.3. The Kier molecular flexibility index (Phi) is 7.43. The fourth-order valence-corrected chi connectivity index (χ4v) is 8.03. The highest BCUT2D eigenvalue weighted by molar-refractivity contribution is 14.1. The summed E-state index contributed by atoms with van der Waals surface area (Å²) in [5, 5.41) is 14.2. The molecule has 0 radical (unpaired) electrons. The summed E-state index contributed by atoms with van der Waals surface area (Å²) in [5.74, 6) is -0.827. The molecule has 1 heterocycles. The molecule has 0 aliphatic carbocycles. The fourth-order valence-electron chi connectivity index (χ4n) is 2.73. The second-order valence-corrected chi connectivity index (χ2v) is 10.3. The molecular formula is C20H14I3NO4S. The molecule has 2 N–H and O–H groups in total. The summed E-state index contributed by atoms with van der Waals surface area (Å²) in [6.07, 6.45) is 0. The molecule has 0 fully saturated rings. The number of carboxylic acids is 1. The van der Waals surface area contributed by atoms with Crippen molar-refractivity contribution in [2.24, 2.45) is 0 Å². The van der Waals surface area contributed by atoms with Crippen LogP contribution in [0.25, 0.3) is 10.4 Å². The van der Waals surface area contributed by atoms with E-state index in [1.54, 1.807) is 12.5 Å². The van der Waals surface area contributed by atoms with Crippen LogP contribution in [0.4, 0.5) is 5.69 Å². The number of aryl methyl sites for hydroxylation is 1. The van der Waals surface area contributed by atoms with Crippen molar-refractivity contribution in [1.82, 2.24) is 0 Å². The first kappa shape index (κ1) is 22.7. The molecule has 0 unspecified atom stereocenters. The predicted octanol–water partition coefficient (Wildman–Crippen LogP) is 6.50. The molecule has 3 rings (SSSR count). The number of halogens is 3. The van der Waals surface area contributed by atoms with Crippen LogP contribution in [0.2, 0.25) is 0 Å². The number of thiophene rings is 1. The molecule has 9 heteroatoms. The summed E-state index contributed by atoms with van der Waals surface area (Å²) in [7, 11) is 1.56. The van der Waals surface area contributed by atoms with Gasteiger partial charge in [0.2, 0.25) is 0 Å². The quantitative estimate of drug-likeness (QED) is 0.293. The summed E-state index contributed by atoms with van der Waals surface area (Å²) in [6, 6.07) is 9.49. The fraction of sp³-hybridized carbons (Fsp3) is 0.100. The van der Waals surface area contributed by atoms with Crippen LogP contribution < -0.4 is 10.1 Å². The van der Waals surface area contributed by atoms with Gasteiger partial charge in [-0.15, -0.1) is 11.3 Å². The molecule has 3 aromatic rings. The molecular weight excluding hydrogens is 731 g/mol. The number of carboxylic acid groups (broad SMARTS) is 1. The largest absolute Gasteiger partial charge is 0.495 e. The van der Waals surface area contributed by atoms with E-state index >= 15 is 0 Å². The zero-order valence-electron chi connectivity index (χ0n) is 15.2. The molecule has 0 saturated carbocycles. The number of carbonyl (C=O) groups is 2. The Labute approximate surface area is 212 Å². The monoisotopic (exact) mass is 745 g/mol. The molecule has 1 aromatic heterocycles. The topological polar surface area (TPSA) is 75.6 Å². The molecule has 29 heavy (non-hydrogen) atoms. The third-order valence-electron chi connectivity index (χ3n) is 4.13. The molecule has 0 saturated heterocycles. The lowest BCUT2D eigenvalue weighted by Crippen LogP contribution is -2.17. The minimum Gasteiger partial charge on any atom is -0.495 e. The van der Waals surface area contributed by atoms with E-state index < -0.39 is 5.97 Å². The summed E-state index contributed by atoms with van der Waals surface area (Å²) in [4.78, 5) is 25.6. The van der Waals surface area contributed by atoms with Crippen LogP contribution in [0.5, 0.6) is 5.75 Å². The van der Waals surface area contributed by atoms with Crippen LogP contribution in [-0.2, 0) is 0 Å². The van der Waals surface area contributed by atoms with Gasteiger partial charge in [-0.2, -0.15) is 0 Å². The zero-order chi connectivity index (χ0) is 21.3. The number of anilines is 1. The summed E-state index contributed by atoms with van der Waals surface area (Å²) >= 11 is 7.64. The second kappa shape index (κ2) is 9.47. The van der Waals surface area contributed by atoms with Gasteiger partial charge in [0.15, 0.2) is 0 Å².